The smallest absolute Gasteiger partial charge is 0.462 e. The van der Waals surface area contributed by atoms with Gasteiger partial charge in [0.1, 0.15) is 19.3 Å². The molecule has 0 saturated carbocycles. The quantitative estimate of drug-likeness (QED) is 0.0169. The lowest BCUT2D eigenvalue weighted by Gasteiger charge is -2.21. The molecule has 0 bridgehead atoms. The molecule has 0 heterocycles. The summed E-state index contributed by atoms with van der Waals surface area (Å²) in [5, 5.41) is 10.7. The van der Waals surface area contributed by atoms with Crippen molar-refractivity contribution in [1.82, 2.24) is 0 Å². The van der Waals surface area contributed by atoms with E-state index < -0.39 is 97.5 Å². The van der Waals surface area contributed by atoms with Gasteiger partial charge in [0.2, 0.25) is 0 Å². The van der Waals surface area contributed by atoms with Gasteiger partial charge < -0.3 is 33.8 Å². The number of ether oxygens (including phenoxy) is 4. The Labute approximate surface area is 676 Å². The number of aliphatic hydroxyl groups is 1. The molecule has 0 aliphatic heterocycles. The van der Waals surface area contributed by atoms with Gasteiger partial charge in [-0.25, -0.2) is 9.13 Å². The third-order valence-electron chi connectivity index (χ3n) is 16.1. The summed E-state index contributed by atoms with van der Waals surface area (Å²) in [5.74, 6) is -2.53. The maximum atomic E-state index is 13.1. The molecule has 0 aromatic carbocycles. The molecule has 0 rings (SSSR count). The monoisotopic (exact) mass is 1590 g/mol. The molecule has 0 aromatic rings. The number of phosphoric acid groups is 2. The predicted molar refractivity (Wildman–Crippen MR) is 463 cm³/mol. The highest BCUT2D eigenvalue weighted by Gasteiger charge is 2.30. The van der Waals surface area contributed by atoms with E-state index in [2.05, 4.69) is 198 Å². The summed E-state index contributed by atoms with van der Waals surface area (Å²) in [7, 11) is -10.1. The summed E-state index contributed by atoms with van der Waals surface area (Å²) in [6.07, 6.45) is 106. The van der Waals surface area contributed by atoms with Gasteiger partial charge in [-0.2, -0.15) is 0 Å². The molecule has 0 saturated heterocycles. The van der Waals surface area contributed by atoms with Crippen molar-refractivity contribution in [2.24, 2.45) is 0 Å². The molecule has 0 aromatic heterocycles. The Morgan fingerprint density at radius 1 is 0.259 bits per heavy atom. The van der Waals surface area contributed by atoms with Crippen molar-refractivity contribution in [3.8, 4) is 0 Å². The van der Waals surface area contributed by atoms with E-state index in [0.717, 1.165) is 109 Å². The van der Waals surface area contributed by atoms with Crippen LogP contribution in [0.5, 0.6) is 0 Å². The second-order valence-corrected chi connectivity index (χ2v) is 29.5. The minimum Gasteiger partial charge on any atom is -0.462 e. The number of unbranched alkanes of at least 4 members (excludes halogenated alkanes) is 11. The number of phosphoric ester groups is 2. The van der Waals surface area contributed by atoms with Crippen LogP contribution in [0.1, 0.15) is 272 Å². The van der Waals surface area contributed by atoms with Crippen molar-refractivity contribution in [2.75, 3.05) is 39.6 Å². The molecule has 0 spiro atoms. The van der Waals surface area contributed by atoms with Crippen molar-refractivity contribution in [3.63, 3.8) is 0 Å². The molecular weight excluding hydrogens is 1450 g/mol. The number of allylic oxidation sites excluding steroid dienone is 38. The van der Waals surface area contributed by atoms with Gasteiger partial charge in [-0.3, -0.25) is 37.3 Å². The molecule has 112 heavy (non-hydrogen) atoms. The number of rotatable bonds is 75. The van der Waals surface area contributed by atoms with E-state index >= 15 is 0 Å². The van der Waals surface area contributed by atoms with E-state index in [4.69, 9.17) is 37.0 Å². The summed E-state index contributed by atoms with van der Waals surface area (Å²) in [5.41, 5.74) is 0. The van der Waals surface area contributed by atoms with Gasteiger partial charge in [-0.05, 0) is 180 Å². The minimum atomic E-state index is -5.04. The molecule has 17 nitrogen and oxygen atoms in total. The highest BCUT2D eigenvalue weighted by molar-refractivity contribution is 7.47. The van der Waals surface area contributed by atoms with E-state index in [0.29, 0.717) is 51.4 Å². The normalized spacial score (nSPS) is 15.0. The van der Waals surface area contributed by atoms with E-state index in [1.165, 1.54) is 57.8 Å². The third kappa shape index (κ3) is 81.1. The molecule has 3 N–H and O–H groups in total. The first-order valence-corrected chi connectivity index (χ1v) is 44.6. The van der Waals surface area contributed by atoms with Crippen molar-refractivity contribution in [3.05, 3.63) is 231 Å². The van der Waals surface area contributed by atoms with Gasteiger partial charge in [0.25, 0.3) is 0 Å². The Hall–Kier alpha value is -6.88. The summed E-state index contributed by atoms with van der Waals surface area (Å²) in [6.45, 7) is 4.34. The Morgan fingerprint density at radius 2 is 0.473 bits per heavy atom. The van der Waals surface area contributed by atoms with Crippen LogP contribution >= 0.6 is 15.6 Å². The molecule has 19 heteroatoms. The molecule has 0 aliphatic carbocycles. The highest BCUT2D eigenvalue weighted by atomic mass is 31.2. The molecular formula is C93H144O17P2. The fourth-order valence-electron chi connectivity index (χ4n) is 9.80. The second-order valence-electron chi connectivity index (χ2n) is 26.6. The predicted octanol–water partition coefficient (Wildman–Crippen LogP) is 25.0. The first kappa shape index (κ1) is 105. The van der Waals surface area contributed by atoms with Crippen LogP contribution in [-0.4, -0.2) is 96.7 Å². The Bertz CT molecular complexity index is 3040. The number of esters is 4. The second kappa shape index (κ2) is 82.1. The van der Waals surface area contributed by atoms with Crippen LogP contribution in [0.2, 0.25) is 0 Å². The maximum absolute atomic E-state index is 13.1. The average Bonchev–Trinajstić information content (AvgIpc) is 0.900. The van der Waals surface area contributed by atoms with Gasteiger partial charge >= 0.3 is 39.5 Å². The van der Waals surface area contributed by atoms with Crippen LogP contribution < -0.4 is 0 Å². The van der Waals surface area contributed by atoms with Gasteiger partial charge in [0.15, 0.2) is 12.2 Å². The Balaban J connectivity index is 5.65. The zero-order valence-electron chi connectivity index (χ0n) is 68.7. The molecule has 0 aliphatic rings. The van der Waals surface area contributed by atoms with Crippen LogP contribution in [0.25, 0.3) is 0 Å². The first-order chi connectivity index (χ1) is 54.7. The summed E-state index contributed by atoms with van der Waals surface area (Å²) in [4.78, 5) is 73.1. The van der Waals surface area contributed by atoms with Crippen molar-refractivity contribution in [2.45, 2.75) is 290 Å². The standard InChI is InChI=1S/C93H144O17P2/c1-5-9-13-17-21-25-29-33-37-41-43-47-50-54-58-62-66-70-74-78-91(96)104-84-88(109-92(97)79-75-71-67-63-59-55-51-46-40-36-32-28-24-20-16-12-8-4)85-107-111(99,100)105-81-87(94)82-106-112(101,102)108-86-89(83-103-90(95)77-73-69-65-61-57-53-49-45-39-35-31-27-23-19-15-11-7-3)110-93(98)80-76-72-68-64-60-56-52-48-44-42-38-34-30-26-22-18-14-10-6-2/h9,13,21-28,33-40,43-44,47-49,51,53-56,58,60-61,63,65-68,70,72,87-89,94H,5-8,10-12,14-20,29-32,41-42,45-46,50,52,57,59,62,64,69,71,73-86H2,1-4H3,(H,99,100)(H,101,102)/b13-9-,25-21-,26-22-,27-23-,28-24-,37-33-,38-34-,39-35-,40-36-,47-43-,48-44-,53-49-,55-51-,58-54-,60-56-,65-61-,67-63-,70-66-,72-68-/t87-,88-,89-/m1/s1. The number of hydrogen-bond acceptors (Lipinski definition) is 15. The lowest BCUT2D eigenvalue weighted by Crippen LogP contribution is -2.30. The lowest BCUT2D eigenvalue weighted by molar-refractivity contribution is -0.161. The summed E-state index contributed by atoms with van der Waals surface area (Å²) >= 11 is 0. The van der Waals surface area contributed by atoms with Crippen LogP contribution in [0.15, 0.2) is 231 Å². The third-order valence-corrected chi connectivity index (χ3v) is 18.0. The van der Waals surface area contributed by atoms with Gasteiger partial charge in [-0.1, -0.05) is 297 Å². The zero-order valence-corrected chi connectivity index (χ0v) is 70.5. The largest absolute Gasteiger partial charge is 0.472 e. The molecule has 0 fully saturated rings. The number of aliphatic hydroxyl groups excluding tert-OH is 1. The molecule has 2 unspecified atom stereocenters. The highest BCUT2D eigenvalue weighted by Crippen LogP contribution is 2.45. The molecule has 0 radical (unpaired) electrons. The number of carbonyl (C=O) groups is 4. The summed E-state index contributed by atoms with van der Waals surface area (Å²) in [6, 6.07) is 0. The lowest BCUT2D eigenvalue weighted by atomic mass is 10.2. The number of hydrogen-bond donors (Lipinski definition) is 3. The van der Waals surface area contributed by atoms with Crippen molar-refractivity contribution in [1.29, 1.82) is 0 Å². The van der Waals surface area contributed by atoms with E-state index in [1.54, 1.807) is 0 Å². The number of carbonyl (C=O) groups excluding carboxylic acids is 4. The van der Waals surface area contributed by atoms with Crippen LogP contribution in [0.3, 0.4) is 0 Å². The van der Waals surface area contributed by atoms with Crippen molar-refractivity contribution >= 4 is 39.5 Å². The van der Waals surface area contributed by atoms with Gasteiger partial charge in [0, 0.05) is 25.7 Å². The van der Waals surface area contributed by atoms with Gasteiger partial charge in [0.05, 0.1) is 26.4 Å². The minimum absolute atomic E-state index is 0.0108. The van der Waals surface area contributed by atoms with Crippen LogP contribution in [0.4, 0.5) is 0 Å². The molecule has 628 valence electrons. The van der Waals surface area contributed by atoms with E-state index in [1.807, 2.05) is 60.8 Å². The average molecular weight is 1600 g/mol. The maximum Gasteiger partial charge on any atom is 0.472 e. The Kier molecular flexibility index (Phi) is 77.1. The zero-order chi connectivity index (χ0) is 81.7. The fraction of sp³-hybridized carbons (Fsp3) is 0.548. The SMILES string of the molecule is CC/C=C\C/C=C\C/C=C\C/C=C\C/C=C\C/C=C\CCC(=O)OC[C@H](COP(=O)(O)OC[C@@H](O)COP(=O)(O)OC[C@@H](COC(=O)CCC/C=C\C/C=C\C/C=C\C/C=C\CCCCC)OC(=O)CC/C=C\C/C=C\C/C=C\C/C=C\C/C=C\CCCCC)OC(=O)CCC/C=C\C/C=C\C/C=C\C/C=C\CCCCC. The molecule has 0 amide bonds. The van der Waals surface area contributed by atoms with Crippen LogP contribution in [-0.2, 0) is 65.4 Å². The van der Waals surface area contributed by atoms with Crippen molar-refractivity contribution < 1.29 is 80.2 Å². The fourth-order valence-corrected chi connectivity index (χ4v) is 11.4. The van der Waals surface area contributed by atoms with Gasteiger partial charge in [-0.15, -0.1) is 0 Å². The van der Waals surface area contributed by atoms with Crippen LogP contribution in [0, 0.1) is 0 Å². The topological polar surface area (TPSA) is 237 Å². The first-order valence-electron chi connectivity index (χ1n) is 41.6. The Morgan fingerprint density at radius 3 is 0.750 bits per heavy atom. The molecule has 5 atom stereocenters. The van der Waals surface area contributed by atoms with E-state index in [-0.39, 0.29) is 25.7 Å². The van der Waals surface area contributed by atoms with E-state index in [9.17, 15) is 43.2 Å². The summed E-state index contributed by atoms with van der Waals surface area (Å²) < 4.78 is 68.4.